The molecule has 3 rings (SSSR count). The van der Waals surface area contributed by atoms with Crippen LogP contribution in [0.1, 0.15) is 39.0 Å². The summed E-state index contributed by atoms with van der Waals surface area (Å²) in [6.45, 7) is 5.93. The summed E-state index contributed by atoms with van der Waals surface area (Å²) >= 11 is 0. The average molecular weight is 392 g/mol. The zero-order valence-electron chi connectivity index (χ0n) is 16.8. The van der Waals surface area contributed by atoms with Gasteiger partial charge in [0, 0.05) is 29.1 Å². The molecular formula is C23H24N2O4. The molecule has 0 bridgehead atoms. The van der Waals surface area contributed by atoms with Crippen molar-refractivity contribution in [3.8, 4) is 0 Å². The van der Waals surface area contributed by atoms with Gasteiger partial charge in [0.25, 0.3) is 5.91 Å². The first-order chi connectivity index (χ1) is 13.9. The largest absolute Gasteiger partial charge is 0.456 e. The van der Waals surface area contributed by atoms with Gasteiger partial charge in [-0.3, -0.25) is 14.4 Å². The third-order valence-corrected chi connectivity index (χ3v) is 4.96. The topological polar surface area (TPSA) is 77.4 Å². The number of aromatic nitrogens is 1. The van der Waals surface area contributed by atoms with Crippen LogP contribution in [0, 0.1) is 13.8 Å². The Kier molecular flexibility index (Phi) is 6.12. The van der Waals surface area contributed by atoms with E-state index in [0.29, 0.717) is 11.1 Å². The molecule has 1 N–H and O–H groups in total. The first-order valence-corrected chi connectivity index (χ1v) is 9.53. The predicted octanol–water partition coefficient (Wildman–Crippen LogP) is 3.43. The molecule has 0 aliphatic rings. The summed E-state index contributed by atoms with van der Waals surface area (Å²) in [4.78, 5) is 36.6. The van der Waals surface area contributed by atoms with Crippen LogP contribution in [0.2, 0.25) is 0 Å². The van der Waals surface area contributed by atoms with E-state index in [1.165, 1.54) is 0 Å². The second kappa shape index (κ2) is 8.73. The van der Waals surface area contributed by atoms with E-state index in [2.05, 4.69) is 5.32 Å². The maximum Gasteiger partial charge on any atom is 0.325 e. The van der Waals surface area contributed by atoms with E-state index < -0.39 is 5.97 Å². The maximum absolute atomic E-state index is 12.4. The molecule has 1 aromatic heterocycles. The molecule has 150 valence electrons. The Morgan fingerprint density at radius 3 is 2.41 bits per heavy atom. The van der Waals surface area contributed by atoms with Crippen LogP contribution in [-0.2, 0) is 16.1 Å². The Labute approximate surface area is 169 Å². The molecule has 0 saturated heterocycles. The number of nitrogens with zero attached hydrogens (tertiary/aromatic N) is 1. The first-order valence-electron chi connectivity index (χ1n) is 9.53. The van der Waals surface area contributed by atoms with Crippen molar-refractivity contribution in [3.05, 3.63) is 71.0 Å². The van der Waals surface area contributed by atoms with Crippen LogP contribution in [0.15, 0.2) is 48.5 Å². The van der Waals surface area contributed by atoms with Crippen molar-refractivity contribution < 1.29 is 19.1 Å². The van der Waals surface area contributed by atoms with Gasteiger partial charge in [-0.2, -0.15) is 0 Å². The number of ether oxygens (including phenoxy) is 1. The number of aryl methyl sites for hydroxylation is 1. The van der Waals surface area contributed by atoms with Crippen molar-refractivity contribution >= 4 is 28.4 Å². The number of benzene rings is 2. The van der Waals surface area contributed by atoms with E-state index in [9.17, 15) is 14.4 Å². The summed E-state index contributed by atoms with van der Waals surface area (Å²) in [7, 11) is 0. The van der Waals surface area contributed by atoms with Crippen molar-refractivity contribution in [1.82, 2.24) is 9.88 Å². The van der Waals surface area contributed by atoms with Gasteiger partial charge in [0.1, 0.15) is 6.54 Å². The summed E-state index contributed by atoms with van der Waals surface area (Å²) < 4.78 is 7.07. The van der Waals surface area contributed by atoms with Crippen LogP contribution in [0.4, 0.5) is 0 Å². The predicted molar refractivity (Wildman–Crippen MR) is 111 cm³/mol. The lowest BCUT2D eigenvalue weighted by Crippen LogP contribution is -2.31. The number of carbonyl (C=O) groups is 3. The number of hydrogen-bond acceptors (Lipinski definition) is 4. The van der Waals surface area contributed by atoms with Gasteiger partial charge in [0.15, 0.2) is 6.61 Å². The van der Waals surface area contributed by atoms with Crippen molar-refractivity contribution in [2.75, 3.05) is 13.2 Å². The number of Topliss-reactive ketones (excluding diaryl/α,β-unsaturated/α-hetero) is 1. The molecule has 0 unspecified atom stereocenters. The average Bonchev–Trinajstić information content (AvgIpc) is 3.03. The fourth-order valence-corrected chi connectivity index (χ4v) is 3.43. The van der Waals surface area contributed by atoms with Gasteiger partial charge in [-0.25, -0.2) is 0 Å². The number of hydrogen-bond donors (Lipinski definition) is 1. The van der Waals surface area contributed by atoms with Crippen LogP contribution in [-0.4, -0.2) is 35.4 Å². The molecule has 3 aromatic rings. The monoisotopic (exact) mass is 392 g/mol. The lowest BCUT2D eigenvalue weighted by atomic mass is 10.1. The van der Waals surface area contributed by atoms with Crippen LogP contribution in [0.25, 0.3) is 10.8 Å². The summed E-state index contributed by atoms with van der Waals surface area (Å²) in [6, 6.07) is 14.8. The fourth-order valence-electron chi connectivity index (χ4n) is 3.43. The van der Waals surface area contributed by atoms with Crippen LogP contribution >= 0.6 is 0 Å². The highest BCUT2D eigenvalue weighted by Gasteiger charge is 2.17. The molecular weight excluding hydrogens is 368 g/mol. The van der Waals surface area contributed by atoms with Gasteiger partial charge >= 0.3 is 5.97 Å². The highest BCUT2D eigenvalue weighted by atomic mass is 16.5. The molecule has 1 heterocycles. The minimum Gasteiger partial charge on any atom is -0.456 e. The molecule has 0 atom stereocenters. The molecule has 6 nitrogen and oxygen atoms in total. The standard InChI is InChI=1S/C23H24N2O4/c1-4-25-15(2)11-20(16(25)3)21(26)14-29-22(27)13-24-23(28)19-10-9-17-7-5-6-8-18(17)12-19/h5-12H,4,13-14H2,1-3H3,(H,24,28). The maximum atomic E-state index is 12.4. The first kappa shape index (κ1) is 20.3. The number of amides is 1. The number of rotatable bonds is 7. The highest BCUT2D eigenvalue weighted by Crippen LogP contribution is 2.16. The minimum atomic E-state index is -0.656. The molecule has 29 heavy (non-hydrogen) atoms. The molecule has 6 heteroatoms. The van der Waals surface area contributed by atoms with E-state index in [-0.39, 0.29) is 24.8 Å². The van der Waals surface area contributed by atoms with E-state index in [0.717, 1.165) is 28.7 Å². The van der Waals surface area contributed by atoms with E-state index in [4.69, 9.17) is 4.74 Å². The third-order valence-electron chi connectivity index (χ3n) is 4.96. The second-order valence-electron chi connectivity index (χ2n) is 6.86. The molecule has 2 aromatic carbocycles. The minimum absolute atomic E-state index is 0.257. The Morgan fingerprint density at radius 1 is 1.00 bits per heavy atom. The van der Waals surface area contributed by atoms with Crippen LogP contribution < -0.4 is 5.32 Å². The van der Waals surface area contributed by atoms with Gasteiger partial charge in [-0.1, -0.05) is 30.3 Å². The Bertz CT molecular complexity index is 1080. The second-order valence-corrected chi connectivity index (χ2v) is 6.86. The molecule has 0 aliphatic carbocycles. The van der Waals surface area contributed by atoms with Crippen molar-refractivity contribution in [2.45, 2.75) is 27.3 Å². The molecule has 0 spiro atoms. The van der Waals surface area contributed by atoms with Gasteiger partial charge in [0.05, 0.1) is 0 Å². The molecule has 0 aliphatic heterocycles. The SMILES string of the molecule is CCn1c(C)cc(C(=O)COC(=O)CNC(=O)c2ccc3ccccc3c2)c1C. The van der Waals surface area contributed by atoms with Gasteiger partial charge < -0.3 is 14.6 Å². The van der Waals surface area contributed by atoms with Crippen molar-refractivity contribution in [1.29, 1.82) is 0 Å². The number of carbonyl (C=O) groups excluding carboxylic acids is 3. The Hall–Kier alpha value is -3.41. The zero-order chi connectivity index (χ0) is 21.0. The molecule has 1 amide bonds. The number of fused-ring (bicyclic) bond motifs is 1. The lowest BCUT2D eigenvalue weighted by molar-refractivity contribution is -0.141. The Balaban J connectivity index is 1.53. The van der Waals surface area contributed by atoms with Crippen molar-refractivity contribution in [3.63, 3.8) is 0 Å². The molecule has 0 radical (unpaired) electrons. The quantitative estimate of drug-likeness (QED) is 0.494. The van der Waals surface area contributed by atoms with Gasteiger partial charge in [0.2, 0.25) is 5.78 Å². The third kappa shape index (κ3) is 4.54. The van der Waals surface area contributed by atoms with Gasteiger partial charge in [-0.05, 0) is 49.7 Å². The number of esters is 1. The van der Waals surface area contributed by atoms with Gasteiger partial charge in [-0.15, -0.1) is 0 Å². The normalized spacial score (nSPS) is 10.7. The summed E-state index contributed by atoms with van der Waals surface area (Å²) in [6.07, 6.45) is 0. The van der Waals surface area contributed by atoms with E-state index in [1.54, 1.807) is 18.2 Å². The summed E-state index contributed by atoms with van der Waals surface area (Å²) in [5.74, 6) is -1.28. The van der Waals surface area contributed by atoms with Crippen LogP contribution in [0.5, 0.6) is 0 Å². The van der Waals surface area contributed by atoms with Crippen molar-refractivity contribution in [2.24, 2.45) is 0 Å². The smallest absolute Gasteiger partial charge is 0.325 e. The summed E-state index contributed by atoms with van der Waals surface area (Å²) in [5.41, 5.74) is 2.86. The lowest BCUT2D eigenvalue weighted by Gasteiger charge is -2.08. The highest BCUT2D eigenvalue weighted by molar-refractivity contribution is 6.01. The zero-order valence-corrected chi connectivity index (χ0v) is 16.8. The molecule has 0 fully saturated rings. The summed E-state index contributed by atoms with van der Waals surface area (Å²) in [5, 5.41) is 4.51. The number of ketones is 1. The van der Waals surface area contributed by atoms with E-state index >= 15 is 0 Å². The van der Waals surface area contributed by atoms with Crippen LogP contribution in [0.3, 0.4) is 0 Å². The van der Waals surface area contributed by atoms with E-state index in [1.807, 2.05) is 55.7 Å². The molecule has 0 saturated carbocycles. The Morgan fingerprint density at radius 2 is 1.72 bits per heavy atom. The number of nitrogens with one attached hydrogen (secondary N) is 1. The fraction of sp³-hybridized carbons (Fsp3) is 0.261.